The van der Waals surface area contributed by atoms with Gasteiger partial charge in [-0.2, -0.15) is 13.7 Å². The maximum absolute atomic E-state index is 12.4. The Balaban J connectivity index is 2.15. The molecule has 0 spiro atoms. The minimum absolute atomic E-state index is 0.0766. The van der Waals surface area contributed by atoms with Crippen molar-refractivity contribution in [2.45, 2.75) is 36.9 Å². The predicted molar refractivity (Wildman–Crippen MR) is 68.4 cm³/mol. The molecule has 6 nitrogen and oxygen atoms in total. The second kappa shape index (κ2) is 4.43. The molecule has 0 unspecified atom stereocenters. The molecule has 2 fully saturated rings. The van der Waals surface area contributed by atoms with E-state index in [-0.39, 0.29) is 12.2 Å². The Hall–Kier alpha value is -0.650. The van der Waals surface area contributed by atoms with E-state index in [0.29, 0.717) is 12.8 Å². The summed E-state index contributed by atoms with van der Waals surface area (Å²) in [5, 5.41) is 8.72. The van der Waals surface area contributed by atoms with Crippen LogP contribution in [-0.4, -0.2) is 40.2 Å². The van der Waals surface area contributed by atoms with Crippen molar-refractivity contribution in [2.75, 3.05) is 18.6 Å². The Morgan fingerprint density at radius 2 is 1.68 bits per heavy atom. The molecule has 0 aromatic heterocycles. The summed E-state index contributed by atoms with van der Waals surface area (Å²) < 4.78 is 50.9. The molecular weight excluding hydrogens is 290 g/mol. The van der Waals surface area contributed by atoms with E-state index in [1.807, 2.05) is 6.07 Å². The van der Waals surface area contributed by atoms with Crippen molar-refractivity contribution in [3.05, 3.63) is 0 Å². The first kappa shape index (κ1) is 14.8. The summed E-state index contributed by atoms with van der Waals surface area (Å²) in [5.74, 6) is -0.547. The topological polar surface area (TPSA) is 101 Å². The number of sulfone groups is 1. The van der Waals surface area contributed by atoms with Gasteiger partial charge in [-0.25, -0.2) is 8.42 Å². The Morgan fingerprint density at radius 1 is 1.11 bits per heavy atom. The molecule has 0 N–H and O–H groups in total. The summed E-state index contributed by atoms with van der Waals surface area (Å²) >= 11 is 0. The van der Waals surface area contributed by atoms with Gasteiger partial charge in [0.15, 0.2) is 9.84 Å². The number of nitrogens with zero attached hydrogens (tertiary/aromatic N) is 1. The maximum atomic E-state index is 12.4. The summed E-state index contributed by atoms with van der Waals surface area (Å²) in [6.45, 7) is 0. The van der Waals surface area contributed by atoms with E-state index >= 15 is 0 Å². The van der Waals surface area contributed by atoms with Crippen molar-refractivity contribution in [3.8, 4) is 6.07 Å². The highest BCUT2D eigenvalue weighted by Gasteiger charge is 2.60. The second-order valence-corrected chi connectivity index (χ2v) is 9.77. The van der Waals surface area contributed by atoms with Crippen LogP contribution in [0.25, 0.3) is 0 Å². The molecule has 2 aliphatic carbocycles. The molecule has 0 bridgehead atoms. The minimum atomic E-state index is -3.79. The first-order valence-corrected chi connectivity index (χ1v) is 9.30. The minimum Gasteiger partial charge on any atom is -0.273 e. The van der Waals surface area contributed by atoms with E-state index in [2.05, 4.69) is 4.18 Å². The lowest BCUT2D eigenvalue weighted by molar-refractivity contribution is 0.396. The zero-order valence-electron chi connectivity index (χ0n) is 10.8. The van der Waals surface area contributed by atoms with Crippen molar-refractivity contribution in [3.63, 3.8) is 0 Å². The average Bonchev–Trinajstić information content (AvgIpc) is 3.17. The van der Waals surface area contributed by atoms with Crippen LogP contribution >= 0.6 is 0 Å². The quantitative estimate of drug-likeness (QED) is 0.638. The van der Waals surface area contributed by atoms with Crippen LogP contribution in [0.4, 0.5) is 0 Å². The molecule has 0 aliphatic heterocycles. The highest BCUT2D eigenvalue weighted by Crippen LogP contribution is 2.54. The van der Waals surface area contributed by atoms with Gasteiger partial charge in [-0.3, -0.25) is 4.18 Å². The van der Waals surface area contributed by atoms with Crippen molar-refractivity contribution in [2.24, 2.45) is 5.41 Å². The van der Waals surface area contributed by atoms with Crippen molar-refractivity contribution < 1.29 is 21.0 Å². The molecule has 2 aliphatic rings. The van der Waals surface area contributed by atoms with Crippen molar-refractivity contribution in [1.82, 2.24) is 0 Å². The van der Waals surface area contributed by atoms with E-state index in [4.69, 9.17) is 5.26 Å². The van der Waals surface area contributed by atoms with Crippen LogP contribution in [0.1, 0.15) is 32.1 Å². The monoisotopic (exact) mass is 307 g/mol. The fraction of sp³-hybridized carbons (Fsp3) is 0.909. The van der Waals surface area contributed by atoms with E-state index in [0.717, 1.165) is 20.0 Å². The van der Waals surface area contributed by atoms with E-state index in [9.17, 15) is 16.8 Å². The number of hydrogen-bond donors (Lipinski definition) is 0. The standard InChI is InChI=1S/C11H17NO5S2/c1-17-19(15,16)9-11(4-5-11)18(13,14)8-10(2-3-10)6-7-12/h2-6,8-9H2,1H3. The summed E-state index contributed by atoms with van der Waals surface area (Å²) in [6, 6.07) is 2.02. The smallest absolute Gasteiger partial charge is 0.268 e. The lowest BCUT2D eigenvalue weighted by atomic mass is 10.1. The predicted octanol–water partition coefficient (Wildman–Crippen LogP) is 0.604. The molecule has 2 rings (SSSR count). The molecule has 108 valence electrons. The van der Waals surface area contributed by atoms with Crippen LogP contribution in [0.3, 0.4) is 0 Å². The first-order chi connectivity index (χ1) is 8.70. The Bertz CT molecular complexity index is 606. The van der Waals surface area contributed by atoms with E-state index in [1.165, 1.54) is 0 Å². The van der Waals surface area contributed by atoms with Gasteiger partial charge >= 0.3 is 0 Å². The zero-order chi connectivity index (χ0) is 14.4. The Morgan fingerprint density at radius 3 is 2.05 bits per heavy atom. The highest BCUT2D eigenvalue weighted by atomic mass is 32.2. The lowest BCUT2D eigenvalue weighted by Gasteiger charge is -2.19. The van der Waals surface area contributed by atoms with Gasteiger partial charge in [0.2, 0.25) is 0 Å². The molecule has 0 atom stereocenters. The number of rotatable bonds is 7. The van der Waals surface area contributed by atoms with Gasteiger partial charge < -0.3 is 0 Å². The van der Waals surface area contributed by atoms with Gasteiger partial charge in [-0.1, -0.05) is 0 Å². The molecule has 0 amide bonds. The summed E-state index contributed by atoms with van der Waals surface area (Å²) in [4.78, 5) is 0. The normalized spacial score (nSPS) is 23.6. The summed E-state index contributed by atoms with van der Waals surface area (Å²) in [5.41, 5.74) is -0.431. The van der Waals surface area contributed by atoms with Crippen molar-refractivity contribution in [1.29, 1.82) is 5.26 Å². The molecule has 0 aromatic rings. The number of hydrogen-bond acceptors (Lipinski definition) is 6. The van der Waals surface area contributed by atoms with Crippen molar-refractivity contribution >= 4 is 20.0 Å². The van der Waals surface area contributed by atoms with Gasteiger partial charge in [0, 0.05) is 6.42 Å². The molecular formula is C11H17NO5S2. The lowest BCUT2D eigenvalue weighted by Crippen LogP contribution is -2.36. The van der Waals surface area contributed by atoms with Gasteiger partial charge in [0.25, 0.3) is 10.1 Å². The Labute approximate surface area is 113 Å². The molecule has 0 heterocycles. The fourth-order valence-corrected chi connectivity index (χ4v) is 6.77. The van der Waals surface area contributed by atoms with Crippen LogP contribution < -0.4 is 0 Å². The van der Waals surface area contributed by atoms with Gasteiger partial charge in [0.05, 0.1) is 29.4 Å². The molecule has 2 saturated carbocycles. The van der Waals surface area contributed by atoms with Crippen LogP contribution in [0.15, 0.2) is 0 Å². The summed E-state index contributed by atoms with van der Waals surface area (Å²) in [6.07, 6.45) is 2.40. The van der Waals surface area contributed by atoms with Crippen LogP contribution in [0.5, 0.6) is 0 Å². The third-order valence-electron chi connectivity index (χ3n) is 4.07. The van der Waals surface area contributed by atoms with Gasteiger partial charge in [-0.05, 0) is 31.1 Å². The largest absolute Gasteiger partial charge is 0.273 e. The SMILES string of the molecule is COS(=O)(=O)CC1(S(=O)(=O)CC2(CC#N)CC2)CC1. The molecule has 0 radical (unpaired) electrons. The molecule has 8 heteroatoms. The molecule has 19 heavy (non-hydrogen) atoms. The van der Waals surface area contributed by atoms with E-state index in [1.54, 1.807) is 0 Å². The van der Waals surface area contributed by atoms with Crippen LogP contribution in [0, 0.1) is 16.7 Å². The maximum Gasteiger partial charge on any atom is 0.268 e. The van der Waals surface area contributed by atoms with Gasteiger partial charge in [-0.15, -0.1) is 0 Å². The van der Waals surface area contributed by atoms with Crippen LogP contribution in [0.2, 0.25) is 0 Å². The zero-order valence-corrected chi connectivity index (χ0v) is 12.4. The third-order valence-corrected chi connectivity index (χ3v) is 8.53. The number of nitriles is 1. The van der Waals surface area contributed by atoms with Gasteiger partial charge in [0.1, 0.15) is 0 Å². The molecule has 0 aromatic carbocycles. The van der Waals surface area contributed by atoms with E-state index < -0.39 is 35.9 Å². The second-order valence-electron chi connectivity index (χ2n) is 5.65. The van der Waals surface area contributed by atoms with Crippen LogP contribution in [-0.2, 0) is 24.1 Å². The third kappa shape index (κ3) is 2.93. The summed E-state index contributed by atoms with van der Waals surface area (Å²) in [7, 11) is -6.27. The first-order valence-electron chi connectivity index (χ1n) is 6.08. The average molecular weight is 307 g/mol. The fourth-order valence-electron chi connectivity index (χ4n) is 2.34. The molecule has 0 saturated heterocycles. The Kier molecular flexibility index (Phi) is 3.44. The highest BCUT2D eigenvalue weighted by molar-refractivity contribution is 7.95.